The summed E-state index contributed by atoms with van der Waals surface area (Å²) < 4.78 is 0. The van der Waals surface area contributed by atoms with Gasteiger partial charge in [-0.15, -0.1) is 0 Å². The zero-order chi connectivity index (χ0) is 11.5. The molecule has 0 aromatic heterocycles. The van der Waals surface area contributed by atoms with Gasteiger partial charge in [-0.1, -0.05) is 17.7 Å². The van der Waals surface area contributed by atoms with E-state index in [9.17, 15) is 4.79 Å². The fraction of sp³-hybridized carbons (Fsp3) is 0.417. The third-order valence-corrected chi connectivity index (χ3v) is 3.10. The number of aryl methyl sites for hydroxylation is 1. The van der Waals surface area contributed by atoms with E-state index in [1.165, 1.54) is 11.1 Å². The predicted molar refractivity (Wildman–Crippen MR) is 64.7 cm³/mol. The maximum Gasteiger partial charge on any atom is 0.234 e. The first kappa shape index (κ1) is 11.4. The molecule has 2 rings (SSSR count). The Morgan fingerprint density at radius 3 is 2.94 bits per heavy atom. The molecule has 0 spiro atoms. The number of amides is 1. The van der Waals surface area contributed by atoms with Gasteiger partial charge in [0.1, 0.15) is 0 Å². The van der Waals surface area contributed by atoms with E-state index in [-0.39, 0.29) is 5.91 Å². The van der Waals surface area contributed by atoms with Crippen LogP contribution in [-0.2, 0) is 11.2 Å². The van der Waals surface area contributed by atoms with E-state index in [0.29, 0.717) is 19.1 Å². The molecule has 86 valence electrons. The van der Waals surface area contributed by atoms with Crippen molar-refractivity contribution in [3.63, 3.8) is 0 Å². The average Bonchev–Trinajstić information content (AvgIpc) is 2.25. The Balaban J connectivity index is 2.01. The standard InChI is InChI=1S/C12H15ClN2O/c1-8-4-10(13)3-2-9(8)5-11-6-15-12(16)7-14-11/h2-4,11,14H,5-7H2,1H3,(H,15,16). The number of carbonyl (C=O) groups is 1. The monoisotopic (exact) mass is 238 g/mol. The van der Waals surface area contributed by atoms with Crippen molar-refractivity contribution >= 4 is 17.5 Å². The highest BCUT2D eigenvalue weighted by atomic mass is 35.5. The van der Waals surface area contributed by atoms with Crippen molar-refractivity contribution in [1.29, 1.82) is 0 Å². The minimum atomic E-state index is 0.0732. The van der Waals surface area contributed by atoms with Gasteiger partial charge in [-0.05, 0) is 36.6 Å². The second-order valence-electron chi connectivity index (χ2n) is 4.16. The number of rotatable bonds is 2. The third kappa shape index (κ3) is 2.74. The molecule has 1 fully saturated rings. The zero-order valence-electron chi connectivity index (χ0n) is 9.22. The van der Waals surface area contributed by atoms with Gasteiger partial charge in [-0.25, -0.2) is 0 Å². The van der Waals surface area contributed by atoms with Crippen LogP contribution in [0, 0.1) is 6.92 Å². The lowest BCUT2D eigenvalue weighted by atomic mass is 10.0. The predicted octanol–water partition coefficient (Wildman–Crippen LogP) is 1.28. The Morgan fingerprint density at radius 2 is 2.31 bits per heavy atom. The summed E-state index contributed by atoms with van der Waals surface area (Å²) in [6, 6.07) is 6.25. The Kier molecular flexibility index (Phi) is 3.46. The van der Waals surface area contributed by atoms with Crippen molar-refractivity contribution in [2.45, 2.75) is 19.4 Å². The molecule has 1 atom stereocenters. The van der Waals surface area contributed by atoms with Gasteiger partial charge in [0, 0.05) is 17.6 Å². The van der Waals surface area contributed by atoms with E-state index >= 15 is 0 Å². The number of nitrogens with one attached hydrogen (secondary N) is 2. The molecule has 1 aliphatic rings. The fourth-order valence-corrected chi connectivity index (χ4v) is 2.13. The van der Waals surface area contributed by atoms with Crippen LogP contribution in [0.1, 0.15) is 11.1 Å². The van der Waals surface area contributed by atoms with Crippen molar-refractivity contribution in [1.82, 2.24) is 10.6 Å². The van der Waals surface area contributed by atoms with Crippen LogP contribution in [0.15, 0.2) is 18.2 Å². The maximum absolute atomic E-state index is 11.0. The van der Waals surface area contributed by atoms with Gasteiger partial charge < -0.3 is 10.6 Å². The molecule has 0 aliphatic carbocycles. The first-order valence-electron chi connectivity index (χ1n) is 5.40. The van der Waals surface area contributed by atoms with Crippen LogP contribution in [0.5, 0.6) is 0 Å². The molecule has 2 N–H and O–H groups in total. The zero-order valence-corrected chi connectivity index (χ0v) is 9.97. The maximum atomic E-state index is 11.0. The van der Waals surface area contributed by atoms with E-state index in [1.807, 2.05) is 12.1 Å². The van der Waals surface area contributed by atoms with E-state index in [0.717, 1.165) is 11.4 Å². The van der Waals surface area contributed by atoms with Crippen LogP contribution in [-0.4, -0.2) is 25.0 Å². The Hall–Kier alpha value is -1.06. The third-order valence-electron chi connectivity index (χ3n) is 2.87. The molecule has 0 bridgehead atoms. The summed E-state index contributed by atoms with van der Waals surface area (Å²) in [5.74, 6) is 0.0732. The molecule has 1 amide bonds. The first-order chi connectivity index (χ1) is 7.65. The molecule has 0 saturated carbocycles. The van der Waals surface area contributed by atoms with Gasteiger partial charge in [0.25, 0.3) is 0 Å². The molecular weight excluding hydrogens is 224 g/mol. The smallest absolute Gasteiger partial charge is 0.234 e. The van der Waals surface area contributed by atoms with Crippen molar-refractivity contribution < 1.29 is 4.79 Å². The number of halogens is 1. The molecule has 0 radical (unpaired) electrons. The second-order valence-corrected chi connectivity index (χ2v) is 4.59. The van der Waals surface area contributed by atoms with E-state index in [2.05, 4.69) is 23.6 Å². The molecular formula is C12H15ClN2O. The lowest BCUT2D eigenvalue weighted by Crippen LogP contribution is -2.52. The number of benzene rings is 1. The molecule has 1 aliphatic heterocycles. The summed E-state index contributed by atoms with van der Waals surface area (Å²) >= 11 is 5.91. The fourth-order valence-electron chi connectivity index (χ4n) is 1.91. The number of carbonyl (C=O) groups excluding carboxylic acids is 1. The quantitative estimate of drug-likeness (QED) is 0.815. The van der Waals surface area contributed by atoms with Crippen molar-refractivity contribution in [2.75, 3.05) is 13.1 Å². The molecule has 1 aromatic carbocycles. The largest absolute Gasteiger partial charge is 0.353 e. The topological polar surface area (TPSA) is 41.1 Å². The molecule has 1 unspecified atom stereocenters. The molecule has 1 heterocycles. The summed E-state index contributed by atoms with van der Waals surface area (Å²) in [4.78, 5) is 11.0. The summed E-state index contributed by atoms with van der Waals surface area (Å²) in [6.45, 7) is 3.17. The molecule has 3 nitrogen and oxygen atoms in total. The lowest BCUT2D eigenvalue weighted by molar-refractivity contribution is -0.121. The van der Waals surface area contributed by atoms with Crippen molar-refractivity contribution in [3.8, 4) is 0 Å². The normalized spacial score (nSPS) is 20.6. The molecule has 16 heavy (non-hydrogen) atoms. The summed E-state index contributed by atoms with van der Waals surface area (Å²) in [5.41, 5.74) is 2.48. The highest BCUT2D eigenvalue weighted by molar-refractivity contribution is 6.30. The Labute approximate surface area is 100 Å². The SMILES string of the molecule is Cc1cc(Cl)ccc1CC1CNC(=O)CN1. The number of hydrogen-bond acceptors (Lipinski definition) is 2. The lowest BCUT2D eigenvalue weighted by Gasteiger charge is -2.24. The number of piperazine rings is 1. The van der Waals surface area contributed by atoms with Crippen LogP contribution >= 0.6 is 11.6 Å². The summed E-state index contributed by atoms with van der Waals surface area (Å²) in [6.07, 6.45) is 0.920. The Bertz CT molecular complexity index is 396. The summed E-state index contributed by atoms with van der Waals surface area (Å²) in [5, 5.41) is 6.84. The van der Waals surface area contributed by atoms with Gasteiger partial charge in [0.05, 0.1) is 6.54 Å². The average molecular weight is 239 g/mol. The molecule has 4 heteroatoms. The van der Waals surface area contributed by atoms with Gasteiger partial charge in [0.15, 0.2) is 0 Å². The van der Waals surface area contributed by atoms with Gasteiger partial charge in [0.2, 0.25) is 5.91 Å². The minimum absolute atomic E-state index is 0.0732. The van der Waals surface area contributed by atoms with Crippen LogP contribution in [0.4, 0.5) is 0 Å². The number of hydrogen-bond donors (Lipinski definition) is 2. The van der Waals surface area contributed by atoms with Crippen LogP contribution < -0.4 is 10.6 Å². The van der Waals surface area contributed by atoms with Crippen molar-refractivity contribution in [2.24, 2.45) is 0 Å². The Morgan fingerprint density at radius 1 is 1.50 bits per heavy atom. The van der Waals surface area contributed by atoms with Gasteiger partial charge >= 0.3 is 0 Å². The first-order valence-corrected chi connectivity index (χ1v) is 5.78. The van der Waals surface area contributed by atoms with Crippen LogP contribution in [0.25, 0.3) is 0 Å². The second kappa shape index (κ2) is 4.85. The summed E-state index contributed by atoms with van der Waals surface area (Å²) in [7, 11) is 0. The molecule has 1 aromatic rings. The van der Waals surface area contributed by atoms with E-state index in [4.69, 9.17) is 11.6 Å². The van der Waals surface area contributed by atoms with Crippen molar-refractivity contribution in [3.05, 3.63) is 34.3 Å². The highest BCUT2D eigenvalue weighted by Crippen LogP contribution is 2.16. The van der Waals surface area contributed by atoms with E-state index in [1.54, 1.807) is 0 Å². The van der Waals surface area contributed by atoms with Crippen LogP contribution in [0.3, 0.4) is 0 Å². The minimum Gasteiger partial charge on any atom is -0.353 e. The van der Waals surface area contributed by atoms with Gasteiger partial charge in [-0.2, -0.15) is 0 Å². The van der Waals surface area contributed by atoms with Crippen LogP contribution in [0.2, 0.25) is 5.02 Å². The van der Waals surface area contributed by atoms with Gasteiger partial charge in [-0.3, -0.25) is 4.79 Å². The molecule has 1 saturated heterocycles. The highest BCUT2D eigenvalue weighted by Gasteiger charge is 2.17. The van der Waals surface area contributed by atoms with E-state index < -0.39 is 0 Å².